The molecule has 0 aromatic heterocycles. The van der Waals surface area contributed by atoms with E-state index in [0.29, 0.717) is 11.5 Å². The molecule has 0 unspecified atom stereocenters. The Morgan fingerprint density at radius 1 is 0.875 bits per heavy atom. The number of ether oxygens (including phenoxy) is 2. The van der Waals surface area contributed by atoms with Crippen LogP contribution in [0.5, 0.6) is 11.5 Å². The third-order valence-corrected chi connectivity index (χ3v) is 5.08. The molecule has 166 valence electrons. The lowest BCUT2D eigenvalue weighted by Gasteiger charge is -2.21. The van der Waals surface area contributed by atoms with Crippen molar-refractivity contribution in [3.8, 4) is 11.5 Å². The smallest absolute Gasteiger partial charge is 0.340 e. The van der Waals surface area contributed by atoms with Crippen LogP contribution in [0.3, 0.4) is 0 Å². The van der Waals surface area contributed by atoms with E-state index in [1.54, 1.807) is 51.1 Å². The van der Waals surface area contributed by atoms with E-state index in [1.165, 1.54) is 18.2 Å². The number of sulfonamides is 1. The summed E-state index contributed by atoms with van der Waals surface area (Å²) >= 11 is 0. The third kappa shape index (κ3) is 6.99. The summed E-state index contributed by atoms with van der Waals surface area (Å²) in [6.07, 6.45) is 1.47. The monoisotopic (exact) mass is 451 g/mol. The van der Waals surface area contributed by atoms with Gasteiger partial charge in [0.1, 0.15) is 17.1 Å². The fourth-order valence-electron chi connectivity index (χ4n) is 2.73. The molecule has 1 N–H and O–H groups in total. The lowest BCUT2D eigenvalue weighted by Crippen LogP contribution is -2.25. The first-order chi connectivity index (χ1) is 15.1. The van der Waals surface area contributed by atoms with Gasteiger partial charge in [0.2, 0.25) is 0 Å². The molecular weight excluding hydrogens is 426 g/mol. The van der Waals surface area contributed by atoms with Crippen LogP contribution in [0.4, 0.5) is 5.69 Å². The normalized spacial score (nSPS) is 11.8. The maximum absolute atomic E-state index is 12.7. The lowest BCUT2D eigenvalue weighted by atomic mass is 10.1. The molecule has 0 bridgehead atoms. The molecule has 0 amide bonds. The predicted molar refractivity (Wildman–Crippen MR) is 126 cm³/mol. The fraction of sp³-hybridized carbons (Fsp3) is 0.160. The molecule has 3 aromatic carbocycles. The van der Waals surface area contributed by atoms with Crippen LogP contribution in [-0.4, -0.2) is 20.0 Å². The minimum absolute atomic E-state index is 0.0605. The number of anilines is 1. The number of hydrogen-bond donors (Lipinski definition) is 1. The maximum atomic E-state index is 12.7. The Morgan fingerprint density at radius 3 is 2.12 bits per heavy atom. The number of benzene rings is 3. The number of rotatable bonds is 7. The summed E-state index contributed by atoms with van der Waals surface area (Å²) in [6, 6.07) is 22.6. The first-order valence-corrected chi connectivity index (χ1v) is 11.5. The zero-order valence-electron chi connectivity index (χ0n) is 18.1. The molecule has 0 spiro atoms. The summed E-state index contributed by atoms with van der Waals surface area (Å²) in [5.41, 5.74) is 0.133. The molecule has 3 rings (SSSR count). The van der Waals surface area contributed by atoms with Crippen LogP contribution in [0.15, 0.2) is 84.3 Å². The van der Waals surface area contributed by atoms with Gasteiger partial charge in [0.15, 0.2) is 0 Å². The second-order valence-electron chi connectivity index (χ2n) is 7.98. The number of hydrogen-bond acceptors (Lipinski definition) is 5. The Morgan fingerprint density at radius 2 is 1.50 bits per heavy atom. The number of carbonyl (C=O) groups excluding carboxylic acids is 1. The third-order valence-electron chi connectivity index (χ3n) is 4.08. The van der Waals surface area contributed by atoms with Crippen LogP contribution in [0.1, 0.15) is 36.7 Å². The minimum atomic E-state index is -3.92. The van der Waals surface area contributed by atoms with Gasteiger partial charge in [-0.2, -0.15) is 0 Å². The molecule has 0 heterocycles. The second kappa shape index (κ2) is 9.70. The van der Waals surface area contributed by atoms with Crippen molar-refractivity contribution >= 4 is 27.8 Å². The van der Waals surface area contributed by atoms with E-state index < -0.39 is 21.6 Å². The molecule has 0 radical (unpaired) electrons. The molecule has 0 aliphatic rings. The highest BCUT2D eigenvalue weighted by atomic mass is 32.2. The lowest BCUT2D eigenvalue weighted by molar-refractivity contribution is 0.00708. The predicted octanol–water partition coefficient (Wildman–Crippen LogP) is 5.85. The Balaban J connectivity index is 1.92. The van der Waals surface area contributed by atoms with E-state index >= 15 is 0 Å². The topological polar surface area (TPSA) is 81.7 Å². The fourth-order valence-corrected chi connectivity index (χ4v) is 3.61. The number of nitrogens with one attached hydrogen (secondary N) is 1. The Hall–Kier alpha value is -3.58. The first kappa shape index (κ1) is 23.1. The highest BCUT2D eigenvalue weighted by Crippen LogP contribution is 2.29. The highest BCUT2D eigenvalue weighted by Gasteiger charge is 2.22. The zero-order chi connectivity index (χ0) is 23.2. The van der Waals surface area contributed by atoms with Gasteiger partial charge in [-0.1, -0.05) is 48.5 Å². The van der Waals surface area contributed by atoms with Crippen molar-refractivity contribution in [2.75, 3.05) is 4.72 Å². The number of carbonyl (C=O) groups is 1. The quantitative estimate of drug-likeness (QED) is 0.456. The molecule has 3 aromatic rings. The average Bonchev–Trinajstić information content (AvgIpc) is 2.72. The number of para-hydroxylation sites is 1. The molecule has 0 saturated carbocycles. The van der Waals surface area contributed by atoms with Gasteiger partial charge >= 0.3 is 5.97 Å². The van der Waals surface area contributed by atoms with E-state index in [-0.39, 0.29) is 11.3 Å². The Bertz CT molecular complexity index is 1200. The van der Waals surface area contributed by atoms with Crippen LogP contribution < -0.4 is 9.46 Å². The first-order valence-electron chi connectivity index (χ1n) is 9.98. The van der Waals surface area contributed by atoms with Gasteiger partial charge in [-0.3, -0.25) is 4.72 Å². The van der Waals surface area contributed by atoms with Crippen molar-refractivity contribution in [2.45, 2.75) is 26.4 Å². The van der Waals surface area contributed by atoms with E-state index in [0.717, 1.165) is 11.0 Å². The standard InChI is InChI=1S/C25H25NO5S/c1-25(2,3)31-24(27)22-15-14-21(30-20-12-8-5-9-13-20)18-23(22)26-32(28,29)17-16-19-10-6-4-7-11-19/h4-18,26H,1-3H3. The Labute approximate surface area is 188 Å². The highest BCUT2D eigenvalue weighted by molar-refractivity contribution is 7.95. The van der Waals surface area contributed by atoms with Gasteiger partial charge in [-0.25, -0.2) is 13.2 Å². The van der Waals surface area contributed by atoms with E-state index in [9.17, 15) is 13.2 Å². The van der Waals surface area contributed by atoms with Crippen molar-refractivity contribution < 1.29 is 22.7 Å². The second-order valence-corrected chi connectivity index (χ2v) is 9.55. The van der Waals surface area contributed by atoms with Crippen molar-refractivity contribution in [1.29, 1.82) is 0 Å². The van der Waals surface area contributed by atoms with Gasteiger partial charge in [0.25, 0.3) is 10.0 Å². The van der Waals surface area contributed by atoms with Crippen molar-refractivity contribution in [3.63, 3.8) is 0 Å². The summed E-state index contributed by atoms with van der Waals surface area (Å²) < 4.78 is 39.1. The Kier molecular flexibility index (Phi) is 7.00. The van der Waals surface area contributed by atoms with Crippen LogP contribution in [0.2, 0.25) is 0 Å². The van der Waals surface area contributed by atoms with E-state index in [1.807, 2.05) is 36.4 Å². The average molecular weight is 452 g/mol. The van der Waals surface area contributed by atoms with Crippen molar-refractivity contribution in [1.82, 2.24) is 0 Å². The summed E-state index contributed by atoms with van der Waals surface area (Å²) in [6.45, 7) is 5.22. The molecule has 6 nitrogen and oxygen atoms in total. The number of esters is 1. The largest absolute Gasteiger partial charge is 0.457 e. The summed E-state index contributed by atoms with van der Waals surface area (Å²) in [4.78, 5) is 12.7. The summed E-state index contributed by atoms with van der Waals surface area (Å²) in [5.74, 6) is 0.303. The van der Waals surface area contributed by atoms with Gasteiger partial charge < -0.3 is 9.47 Å². The molecule has 0 aliphatic carbocycles. The molecule has 0 saturated heterocycles. The van der Waals surface area contributed by atoms with E-state index in [2.05, 4.69) is 4.72 Å². The summed E-state index contributed by atoms with van der Waals surface area (Å²) in [5, 5.41) is 1.05. The SMILES string of the molecule is CC(C)(C)OC(=O)c1ccc(Oc2ccccc2)cc1NS(=O)(=O)C=Cc1ccccc1. The van der Waals surface area contributed by atoms with Crippen molar-refractivity contribution in [2.24, 2.45) is 0 Å². The molecular formula is C25H25NO5S. The van der Waals surface area contributed by atoms with Gasteiger partial charge in [-0.05, 0) is 56.7 Å². The van der Waals surface area contributed by atoms with Crippen molar-refractivity contribution in [3.05, 3.63) is 95.4 Å². The molecule has 7 heteroatoms. The van der Waals surface area contributed by atoms with Crippen LogP contribution >= 0.6 is 0 Å². The molecule has 0 aliphatic heterocycles. The minimum Gasteiger partial charge on any atom is -0.457 e. The summed E-state index contributed by atoms with van der Waals surface area (Å²) in [7, 11) is -3.92. The van der Waals surface area contributed by atoms with Crippen LogP contribution in [-0.2, 0) is 14.8 Å². The molecule has 0 atom stereocenters. The van der Waals surface area contributed by atoms with E-state index in [4.69, 9.17) is 9.47 Å². The van der Waals surface area contributed by atoms with Crippen LogP contribution in [0.25, 0.3) is 6.08 Å². The zero-order valence-corrected chi connectivity index (χ0v) is 18.9. The van der Waals surface area contributed by atoms with Gasteiger partial charge in [-0.15, -0.1) is 0 Å². The van der Waals surface area contributed by atoms with Crippen LogP contribution in [0, 0.1) is 0 Å². The maximum Gasteiger partial charge on any atom is 0.340 e. The molecule has 32 heavy (non-hydrogen) atoms. The van der Waals surface area contributed by atoms with Gasteiger partial charge in [0, 0.05) is 6.07 Å². The van der Waals surface area contributed by atoms with Gasteiger partial charge in [0.05, 0.1) is 16.7 Å². The molecule has 0 fully saturated rings.